The van der Waals surface area contributed by atoms with Crippen LogP contribution in [0.3, 0.4) is 0 Å². The highest BCUT2D eigenvalue weighted by Crippen LogP contribution is 2.14. The summed E-state index contributed by atoms with van der Waals surface area (Å²) >= 11 is 0. The highest BCUT2D eigenvalue weighted by molar-refractivity contribution is 7.92. The third-order valence-electron chi connectivity index (χ3n) is 2.84. The standard InChI is InChI=1S/C16H14N2O4S/c1-23(20,21)18-14-7-5-13(6-8-14)16(19)11-22-15-4-2-3-12(9-15)10-17/h2-9,18H,11H2,1H3. The van der Waals surface area contributed by atoms with Gasteiger partial charge in [-0.05, 0) is 42.5 Å². The zero-order valence-electron chi connectivity index (χ0n) is 12.3. The minimum atomic E-state index is -3.35. The number of hydrogen-bond donors (Lipinski definition) is 1. The van der Waals surface area contributed by atoms with Gasteiger partial charge in [-0.15, -0.1) is 0 Å². The lowest BCUT2D eigenvalue weighted by Gasteiger charge is -2.07. The fraction of sp³-hybridized carbons (Fsp3) is 0.125. The van der Waals surface area contributed by atoms with Crippen LogP contribution in [0.2, 0.25) is 0 Å². The Labute approximate surface area is 134 Å². The maximum Gasteiger partial charge on any atom is 0.229 e. The van der Waals surface area contributed by atoms with Crippen LogP contribution in [0.1, 0.15) is 15.9 Å². The van der Waals surface area contributed by atoms with Gasteiger partial charge in [0.2, 0.25) is 10.0 Å². The molecule has 0 aliphatic heterocycles. The van der Waals surface area contributed by atoms with Crippen molar-refractivity contribution in [1.29, 1.82) is 5.26 Å². The summed E-state index contributed by atoms with van der Waals surface area (Å²) < 4.78 is 29.9. The number of ketones is 1. The minimum absolute atomic E-state index is 0.173. The molecule has 0 aliphatic carbocycles. The summed E-state index contributed by atoms with van der Waals surface area (Å²) in [6.45, 7) is -0.173. The first kappa shape index (κ1) is 16.5. The summed E-state index contributed by atoms with van der Waals surface area (Å²) in [6, 6.07) is 14.6. The Morgan fingerprint density at radius 1 is 1.22 bits per heavy atom. The summed E-state index contributed by atoms with van der Waals surface area (Å²) in [7, 11) is -3.35. The largest absolute Gasteiger partial charge is 0.485 e. The minimum Gasteiger partial charge on any atom is -0.485 e. The summed E-state index contributed by atoms with van der Waals surface area (Å²) in [5.41, 5.74) is 1.23. The van der Waals surface area contributed by atoms with E-state index in [0.29, 0.717) is 22.6 Å². The first-order chi connectivity index (χ1) is 10.9. The summed E-state index contributed by atoms with van der Waals surface area (Å²) in [4.78, 5) is 12.0. The van der Waals surface area contributed by atoms with Gasteiger partial charge in [0, 0.05) is 11.3 Å². The predicted octanol–water partition coefficient (Wildman–Crippen LogP) is 2.19. The number of nitrogens with one attached hydrogen (secondary N) is 1. The van der Waals surface area contributed by atoms with Crippen LogP contribution >= 0.6 is 0 Å². The first-order valence-electron chi connectivity index (χ1n) is 6.61. The van der Waals surface area contributed by atoms with E-state index in [4.69, 9.17) is 10.00 Å². The highest BCUT2D eigenvalue weighted by atomic mass is 32.2. The second-order valence-electron chi connectivity index (χ2n) is 4.80. The fourth-order valence-corrected chi connectivity index (χ4v) is 2.39. The van der Waals surface area contributed by atoms with E-state index in [2.05, 4.69) is 4.72 Å². The van der Waals surface area contributed by atoms with Crippen molar-refractivity contribution in [3.8, 4) is 11.8 Å². The normalized spacial score (nSPS) is 10.6. The summed E-state index contributed by atoms with van der Waals surface area (Å²) in [5.74, 6) is 0.186. The van der Waals surface area contributed by atoms with E-state index in [1.54, 1.807) is 24.3 Å². The SMILES string of the molecule is CS(=O)(=O)Nc1ccc(C(=O)COc2cccc(C#N)c2)cc1. The zero-order valence-corrected chi connectivity index (χ0v) is 13.1. The number of nitriles is 1. The molecule has 0 spiro atoms. The van der Waals surface area contributed by atoms with E-state index < -0.39 is 10.0 Å². The summed E-state index contributed by atoms with van der Waals surface area (Å²) in [6.07, 6.45) is 1.05. The molecule has 118 valence electrons. The molecule has 0 aliphatic rings. The Morgan fingerprint density at radius 2 is 1.91 bits per heavy atom. The summed E-state index contributed by atoms with van der Waals surface area (Å²) in [5, 5.41) is 8.80. The number of nitrogens with zero attached hydrogens (tertiary/aromatic N) is 1. The number of carbonyl (C=O) groups is 1. The molecule has 0 heterocycles. The number of anilines is 1. The van der Waals surface area contributed by atoms with Crippen LogP contribution in [-0.4, -0.2) is 27.1 Å². The van der Waals surface area contributed by atoms with Gasteiger partial charge in [0.25, 0.3) is 0 Å². The van der Waals surface area contributed by atoms with Gasteiger partial charge in [-0.25, -0.2) is 8.42 Å². The number of rotatable bonds is 6. The molecule has 0 saturated carbocycles. The molecular formula is C16H14N2O4S. The van der Waals surface area contributed by atoms with Gasteiger partial charge in [0.05, 0.1) is 17.9 Å². The molecule has 0 amide bonds. The Bertz CT molecular complexity index is 852. The van der Waals surface area contributed by atoms with Crippen molar-refractivity contribution in [2.45, 2.75) is 0 Å². The van der Waals surface area contributed by atoms with Gasteiger partial charge in [0.1, 0.15) is 5.75 Å². The molecular weight excluding hydrogens is 316 g/mol. The van der Waals surface area contributed by atoms with Gasteiger partial charge in [-0.3, -0.25) is 9.52 Å². The van der Waals surface area contributed by atoms with E-state index in [9.17, 15) is 13.2 Å². The third kappa shape index (κ3) is 5.13. The zero-order chi connectivity index (χ0) is 16.9. The highest BCUT2D eigenvalue weighted by Gasteiger charge is 2.08. The number of Topliss-reactive ketones (excluding diaryl/α,β-unsaturated/α-hetero) is 1. The van der Waals surface area contributed by atoms with E-state index in [-0.39, 0.29) is 12.4 Å². The Balaban J connectivity index is 1.99. The average molecular weight is 330 g/mol. The lowest BCUT2D eigenvalue weighted by Crippen LogP contribution is -2.12. The Hall–Kier alpha value is -2.85. The second kappa shape index (κ2) is 6.94. The van der Waals surface area contributed by atoms with Gasteiger partial charge in [-0.1, -0.05) is 6.07 Å². The molecule has 0 saturated heterocycles. The smallest absolute Gasteiger partial charge is 0.229 e. The number of hydrogen-bond acceptors (Lipinski definition) is 5. The predicted molar refractivity (Wildman–Crippen MR) is 85.9 cm³/mol. The molecule has 2 aromatic carbocycles. The van der Waals surface area contributed by atoms with Crippen LogP contribution in [-0.2, 0) is 10.0 Å². The van der Waals surface area contributed by atoms with E-state index >= 15 is 0 Å². The van der Waals surface area contributed by atoms with Crippen LogP contribution in [0.25, 0.3) is 0 Å². The van der Waals surface area contributed by atoms with Gasteiger partial charge >= 0.3 is 0 Å². The number of sulfonamides is 1. The van der Waals surface area contributed by atoms with Crippen LogP contribution in [0.15, 0.2) is 48.5 Å². The molecule has 0 unspecified atom stereocenters. The van der Waals surface area contributed by atoms with Crippen LogP contribution in [0, 0.1) is 11.3 Å². The molecule has 0 fully saturated rings. The third-order valence-corrected chi connectivity index (χ3v) is 3.45. The van der Waals surface area contributed by atoms with Gasteiger partial charge in [-0.2, -0.15) is 5.26 Å². The van der Waals surface area contributed by atoms with E-state index in [1.807, 2.05) is 6.07 Å². The van der Waals surface area contributed by atoms with E-state index in [1.165, 1.54) is 24.3 Å². The van der Waals surface area contributed by atoms with Gasteiger partial charge < -0.3 is 4.74 Å². The fourth-order valence-electron chi connectivity index (χ4n) is 1.83. The molecule has 0 radical (unpaired) electrons. The number of carbonyl (C=O) groups excluding carboxylic acids is 1. The van der Waals surface area contributed by atoms with Gasteiger partial charge in [0.15, 0.2) is 12.4 Å². The molecule has 2 aromatic rings. The average Bonchev–Trinajstić information content (AvgIpc) is 2.52. The Kier molecular flexibility index (Phi) is 4.98. The number of ether oxygens (including phenoxy) is 1. The molecule has 0 aromatic heterocycles. The van der Waals surface area contributed by atoms with Crippen molar-refractivity contribution in [3.05, 3.63) is 59.7 Å². The lowest BCUT2D eigenvalue weighted by molar-refractivity contribution is 0.0921. The molecule has 6 nitrogen and oxygen atoms in total. The molecule has 2 rings (SSSR count). The van der Waals surface area contributed by atoms with Crippen LogP contribution in [0.4, 0.5) is 5.69 Å². The van der Waals surface area contributed by atoms with Crippen molar-refractivity contribution in [1.82, 2.24) is 0 Å². The molecule has 23 heavy (non-hydrogen) atoms. The lowest BCUT2D eigenvalue weighted by atomic mass is 10.1. The van der Waals surface area contributed by atoms with Crippen molar-refractivity contribution in [3.63, 3.8) is 0 Å². The van der Waals surface area contributed by atoms with E-state index in [0.717, 1.165) is 6.26 Å². The number of benzene rings is 2. The van der Waals surface area contributed by atoms with Crippen LogP contribution < -0.4 is 9.46 Å². The maximum absolute atomic E-state index is 12.0. The monoisotopic (exact) mass is 330 g/mol. The topological polar surface area (TPSA) is 96.3 Å². The second-order valence-corrected chi connectivity index (χ2v) is 6.55. The van der Waals surface area contributed by atoms with Crippen molar-refractivity contribution >= 4 is 21.5 Å². The molecule has 1 N–H and O–H groups in total. The van der Waals surface area contributed by atoms with Crippen molar-refractivity contribution < 1.29 is 17.9 Å². The molecule has 0 bridgehead atoms. The first-order valence-corrected chi connectivity index (χ1v) is 8.50. The molecule has 0 atom stereocenters. The maximum atomic E-state index is 12.0. The van der Waals surface area contributed by atoms with Crippen molar-refractivity contribution in [2.75, 3.05) is 17.6 Å². The van der Waals surface area contributed by atoms with Crippen LogP contribution in [0.5, 0.6) is 5.75 Å². The Morgan fingerprint density at radius 3 is 2.52 bits per heavy atom. The molecule has 7 heteroatoms. The van der Waals surface area contributed by atoms with Crippen molar-refractivity contribution in [2.24, 2.45) is 0 Å². The quantitative estimate of drug-likeness (QED) is 0.819.